The molecule has 3 amide bonds. The third-order valence-corrected chi connectivity index (χ3v) is 6.05. The molecule has 9 heteroatoms. The fourth-order valence-electron chi connectivity index (χ4n) is 2.52. The van der Waals surface area contributed by atoms with Crippen molar-refractivity contribution in [3.63, 3.8) is 0 Å². The summed E-state index contributed by atoms with van der Waals surface area (Å²) >= 11 is 0. The van der Waals surface area contributed by atoms with Crippen LogP contribution < -0.4 is 16.4 Å². The number of benzene rings is 1. The summed E-state index contributed by atoms with van der Waals surface area (Å²) < 4.78 is 26.3. The number of carbonyl (C=O) groups excluding carboxylic acids is 2. The van der Waals surface area contributed by atoms with Crippen LogP contribution in [0.1, 0.15) is 39.3 Å². The maximum atomic E-state index is 12.5. The number of amides is 3. The molecule has 25 heavy (non-hydrogen) atoms. The van der Waals surface area contributed by atoms with Gasteiger partial charge in [0.1, 0.15) is 6.04 Å². The second-order valence-electron chi connectivity index (χ2n) is 5.78. The third-order valence-electron chi connectivity index (χ3n) is 3.99. The highest BCUT2D eigenvalue weighted by Gasteiger charge is 2.24. The van der Waals surface area contributed by atoms with Crippen LogP contribution in [0.2, 0.25) is 0 Å². The quantitative estimate of drug-likeness (QED) is 0.591. The average Bonchev–Trinajstić information content (AvgIpc) is 2.55. The van der Waals surface area contributed by atoms with Gasteiger partial charge in [-0.15, -0.1) is 0 Å². The number of hydrogen-bond acceptors (Lipinski definition) is 4. The SMILES string of the molecule is CCN(CC)S(=O)(=O)c1ccc([C@@H](C)[NH2+][C@@H](C)C(=O)NC(N)=O)cc1. The molecule has 0 saturated carbocycles. The van der Waals surface area contributed by atoms with Gasteiger partial charge in [0.05, 0.1) is 4.90 Å². The molecule has 0 unspecified atom stereocenters. The van der Waals surface area contributed by atoms with E-state index in [1.165, 1.54) is 4.31 Å². The van der Waals surface area contributed by atoms with Gasteiger partial charge >= 0.3 is 6.03 Å². The molecule has 2 atom stereocenters. The Balaban J connectivity index is 2.85. The first-order chi connectivity index (χ1) is 11.6. The number of carbonyl (C=O) groups is 2. The highest BCUT2D eigenvalue weighted by atomic mass is 32.2. The monoisotopic (exact) mass is 371 g/mol. The zero-order chi connectivity index (χ0) is 19.2. The number of imide groups is 1. The standard InChI is InChI=1S/C16H26N4O4S/c1-5-20(6-2)25(23,24)14-9-7-13(8-10-14)11(3)18-12(4)15(21)19-16(17)22/h7-12,18H,5-6H2,1-4H3,(H3,17,19,21,22)/p+1/t11-,12+/m1/s1. The molecule has 1 rings (SSSR count). The second kappa shape index (κ2) is 8.93. The lowest BCUT2D eigenvalue weighted by Gasteiger charge is -2.19. The molecule has 0 aliphatic heterocycles. The zero-order valence-electron chi connectivity index (χ0n) is 15.0. The summed E-state index contributed by atoms with van der Waals surface area (Å²) in [6, 6.07) is 5.11. The first-order valence-corrected chi connectivity index (χ1v) is 9.62. The van der Waals surface area contributed by atoms with Gasteiger partial charge in [0.15, 0.2) is 6.04 Å². The normalized spacial score (nSPS) is 14.1. The van der Waals surface area contributed by atoms with Crippen LogP contribution in [0.25, 0.3) is 0 Å². The van der Waals surface area contributed by atoms with E-state index in [-0.39, 0.29) is 10.9 Å². The first-order valence-electron chi connectivity index (χ1n) is 8.18. The Kier molecular flexibility index (Phi) is 7.53. The van der Waals surface area contributed by atoms with E-state index in [0.717, 1.165) is 5.56 Å². The van der Waals surface area contributed by atoms with Crippen molar-refractivity contribution in [2.75, 3.05) is 13.1 Å². The molecule has 0 fully saturated rings. The fourth-order valence-corrected chi connectivity index (χ4v) is 3.98. The van der Waals surface area contributed by atoms with E-state index in [0.29, 0.717) is 13.1 Å². The minimum atomic E-state index is -3.49. The summed E-state index contributed by atoms with van der Waals surface area (Å²) in [5, 5.41) is 3.81. The number of sulfonamides is 1. The van der Waals surface area contributed by atoms with Crippen LogP contribution in [0.3, 0.4) is 0 Å². The molecule has 0 saturated heterocycles. The van der Waals surface area contributed by atoms with E-state index < -0.39 is 28.0 Å². The van der Waals surface area contributed by atoms with Crippen molar-refractivity contribution >= 4 is 22.0 Å². The van der Waals surface area contributed by atoms with Gasteiger partial charge in [-0.1, -0.05) is 26.0 Å². The van der Waals surface area contributed by atoms with Crippen LogP contribution in [0.15, 0.2) is 29.2 Å². The van der Waals surface area contributed by atoms with Crippen LogP contribution in [0.5, 0.6) is 0 Å². The maximum Gasteiger partial charge on any atom is 0.319 e. The van der Waals surface area contributed by atoms with Crippen molar-refractivity contribution in [3.05, 3.63) is 29.8 Å². The van der Waals surface area contributed by atoms with Gasteiger partial charge in [-0.2, -0.15) is 4.31 Å². The van der Waals surface area contributed by atoms with Gasteiger partial charge in [-0.3, -0.25) is 10.1 Å². The zero-order valence-corrected chi connectivity index (χ0v) is 15.8. The van der Waals surface area contributed by atoms with Gasteiger partial charge in [-0.25, -0.2) is 13.2 Å². The number of quaternary nitrogens is 1. The van der Waals surface area contributed by atoms with Crippen LogP contribution in [-0.4, -0.2) is 43.8 Å². The van der Waals surface area contributed by atoms with Gasteiger partial charge in [0.25, 0.3) is 5.91 Å². The predicted molar refractivity (Wildman–Crippen MR) is 94.1 cm³/mol. The summed E-state index contributed by atoms with van der Waals surface area (Å²) in [5.41, 5.74) is 5.80. The topological polar surface area (TPSA) is 126 Å². The van der Waals surface area contributed by atoms with Gasteiger partial charge in [-0.05, 0) is 26.0 Å². The lowest BCUT2D eigenvalue weighted by molar-refractivity contribution is -0.710. The molecular formula is C16H27N4O4S+. The van der Waals surface area contributed by atoms with Crippen LogP contribution in [-0.2, 0) is 14.8 Å². The van der Waals surface area contributed by atoms with E-state index in [1.807, 2.05) is 12.2 Å². The highest BCUT2D eigenvalue weighted by Crippen LogP contribution is 2.18. The van der Waals surface area contributed by atoms with Crippen molar-refractivity contribution in [2.24, 2.45) is 5.73 Å². The third kappa shape index (κ3) is 5.52. The number of nitrogens with zero attached hydrogens (tertiary/aromatic N) is 1. The van der Waals surface area contributed by atoms with Crippen LogP contribution >= 0.6 is 0 Å². The Hall–Kier alpha value is -1.97. The molecule has 1 aromatic rings. The summed E-state index contributed by atoms with van der Waals surface area (Å²) in [6.45, 7) is 7.97. The number of urea groups is 1. The number of hydrogen-bond donors (Lipinski definition) is 3. The molecule has 5 N–H and O–H groups in total. The van der Waals surface area contributed by atoms with Gasteiger partial charge in [0.2, 0.25) is 10.0 Å². The number of nitrogens with one attached hydrogen (secondary N) is 1. The molecule has 0 bridgehead atoms. The van der Waals surface area contributed by atoms with Gasteiger partial charge in [0, 0.05) is 18.7 Å². The van der Waals surface area contributed by atoms with E-state index in [1.54, 1.807) is 50.4 Å². The van der Waals surface area contributed by atoms with Crippen LogP contribution in [0, 0.1) is 0 Å². The van der Waals surface area contributed by atoms with E-state index in [2.05, 4.69) is 0 Å². The Bertz CT molecular complexity index is 699. The Morgan fingerprint density at radius 1 is 1.16 bits per heavy atom. The summed E-state index contributed by atoms with van der Waals surface area (Å²) in [4.78, 5) is 22.7. The van der Waals surface area contributed by atoms with Crippen LogP contribution in [0.4, 0.5) is 4.79 Å². The highest BCUT2D eigenvalue weighted by molar-refractivity contribution is 7.89. The van der Waals surface area contributed by atoms with E-state index in [4.69, 9.17) is 5.73 Å². The predicted octanol–water partition coefficient (Wildman–Crippen LogP) is -0.0751. The fraction of sp³-hybridized carbons (Fsp3) is 0.500. The summed E-state index contributed by atoms with van der Waals surface area (Å²) in [7, 11) is -3.49. The molecule has 0 aliphatic carbocycles. The maximum absolute atomic E-state index is 12.5. The summed E-state index contributed by atoms with van der Waals surface area (Å²) in [5.74, 6) is -0.472. The molecule has 0 radical (unpaired) electrons. The minimum absolute atomic E-state index is 0.0983. The summed E-state index contributed by atoms with van der Waals surface area (Å²) in [6.07, 6.45) is 0. The van der Waals surface area contributed by atoms with E-state index in [9.17, 15) is 18.0 Å². The number of rotatable bonds is 8. The van der Waals surface area contributed by atoms with Crippen molar-refractivity contribution in [1.29, 1.82) is 0 Å². The lowest BCUT2D eigenvalue weighted by atomic mass is 10.1. The largest absolute Gasteiger partial charge is 0.351 e. The molecule has 0 aromatic heterocycles. The molecule has 0 aliphatic rings. The molecule has 0 spiro atoms. The average molecular weight is 371 g/mol. The Morgan fingerprint density at radius 2 is 1.68 bits per heavy atom. The second-order valence-corrected chi connectivity index (χ2v) is 7.72. The van der Waals surface area contributed by atoms with Crippen molar-refractivity contribution in [3.8, 4) is 0 Å². The van der Waals surface area contributed by atoms with Crippen molar-refractivity contribution in [1.82, 2.24) is 9.62 Å². The van der Waals surface area contributed by atoms with E-state index >= 15 is 0 Å². The Morgan fingerprint density at radius 3 is 2.12 bits per heavy atom. The molecule has 8 nitrogen and oxygen atoms in total. The number of nitrogens with two attached hydrogens (primary N) is 2. The Labute approximate surface area is 148 Å². The molecule has 0 heterocycles. The van der Waals surface area contributed by atoms with Crippen molar-refractivity contribution < 1.29 is 23.3 Å². The first kappa shape index (κ1) is 21.1. The van der Waals surface area contributed by atoms with Gasteiger partial charge < -0.3 is 11.1 Å². The molecule has 1 aromatic carbocycles. The molecular weight excluding hydrogens is 344 g/mol. The number of primary amides is 1. The van der Waals surface area contributed by atoms with Crippen molar-refractivity contribution in [2.45, 2.75) is 44.7 Å². The minimum Gasteiger partial charge on any atom is -0.351 e. The molecule has 140 valence electrons. The lowest BCUT2D eigenvalue weighted by Crippen LogP contribution is -2.92. The smallest absolute Gasteiger partial charge is 0.319 e.